The molecule has 0 spiro atoms. The Morgan fingerprint density at radius 1 is 0.903 bits per heavy atom. The van der Waals surface area contributed by atoms with Crippen molar-refractivity contribution in [2.45, 2.75) is 17.8 Å². The van der Waals surface area contributed by atoms with Crippen LogP contribution in [0.25, 0.3) is 17.1 Å². The Labute approximate surface area is 200 Å². The molecule has 158 valence electrons. The van der Waals surface area contributed by atoms with Crippen LogP contribution in [0, 0.1) is 0 Å². The van der Waals surface area contributed by atoms with Crippen LogP contribution in [0.5, 0.6) is 5.75 Å². The van der Waals surface area contributed by atoms with Crippen LogP contribution in [0.4, 0.5) is 0 Å². The molecular weight excluding hydrogens is 473 g/mol. The second-order valence-corrected chi connectivity index (χ2v) is 8.76. The van der Waals surface area contributed by atoms with Crippen molar-refractivity contribution in [3.8, 4) is 22.8 Å². The standard InChI is InChI=1S/C23H18Cl3N3OS/c1-2-30-18-11-9-17(10-12-18)29-22(15-5-3-6-16(24)13-15)27-28-23(29)31-14-19-20(25)7-4-8-21(19)26/h3-13H,2,14H2,1H3. The Balaban J connectivity index is 1.74. The summed E-state index contributed by atoms with van der Waals surface area (Å²) < 4.78 is 7.58. The molecule has 8 heteroatoms. The minimum absolute atomic E-state index is 0.559. The number of aromatic nitrogens is 3. The van der Waals surface area contributed by atoms with Crippen LogP contribution >= 0.6 is 46.6 Å². The smallest absolute Gasteiger partial charge is 0.196 e. The number of rotatable bonds is 7. The second-order valence-electron chi connectivity index (χ2n) is 6.57. The Hall–Kier alpha value is -2.18. The van der Waals surface area contributed by atoms with Gasteiger partial charge in [0, 0.05) is 32.1 Å². The number of halogens is 3. The summed E-state index contributed by atoms with van der Waals surface area (Å²) in [5, 5.41) is 11.5. The Bertz CT molecular complexity index is 1170. The maximum Gasteiger partial charge on any atom is 0.196 e. The highest BCUT2D eigenvalue weighted by Gasteiger charge is 2.18. The summed E-state index contributed by atoms with van der Waals surface area (Å²) in [6.45, 7) is 2.57. The molecule has 0 unspecified atom stereocenters. The van der Waals surface area contributed by atoms with Crippen molar-refractivity contribution >= 4 is 46.6 Å². The minimum Gasteiger partial charge on any atom is -0.494 e. The Kier molecular flexibility index (Phi) is 7.08. The van der Waals surface area contributed by atoms with E-state index < -0.39 is 0 Å². The zero-order valence-corrected chi connectivity index (χ0v) is 19.6. The Morgan fingerprint density at radius 3 is 2.29 bits per heavy atom. The predicted octanol–water partition coefficient (Wildman–Crippen LogP) is 7.59. The molecule has 0 N–H and O–H groups in total. The third-order valence-electron chi connectivity index (χ3n) is 4.53. The van der Waals surface area contributed by atoms with Gasteiger partial charge in [0.25, 0.3) is 0 Å². The SMILES string of the molecule is CCOc1ccc(-n2c(SCc3c(Cl)cccc3Cl)nnc2-c2cccc(Cl)c2)cc1. The largest absolute Gasteiger partial charge is 0.494 e. The van der Waals surface area contributed by atoms with Gasteiger partial charge in [-0.3, -0.25) is 4.57 Å². The number of nitrogens with zero attached hydrogens (tertiary/aromatic N) is 3. The molecule has 0 bridgehead atoms. The quantitative estimate of drug-likeness (QED) is 0.250. The molecule has 1 aromatic heterocycles. The molecule has 4 nitrogen and oxygen atoms in total. The fourth-order valence-corrected chi connectivity index (χ4v) is 4.96. The van der Waals surface area contributed by atoms with Crippen molar-refractivity contribution in [1.29, 1.82) is 0 Å². The first-order valence-corrected chi connectivity index (χ1v) is 11.7. The molecule has 4 rings (SSSR count). The lowest BCUT2D eigenvalue weighted by molar-refractivity contribution is 0.340. The molecular formula is C23H18Cl3N3OS. The van der Waals surface area contributed by atoms with Crippen molar-refractivity contribution in [3.63, 3.8) is 0 Å². The fraction of sp³-hybridized carbons (Fsp3) is 0.130. The van der Waals surface area contributed by atoms with E-state index in [9.17, 15) is 0 Å². The third-order valence-corrected chi connectivity index (χ3v) is 6.43. The molecule has 0 aliphatic rings. The van der Waals surface area contributed by atoms with Gasteiger partial charge in [0.15, 0.2) is 11.0 Å². The van der Waals surface area contributed by atoms with Crippen molar-refractivity contribution in [1.82, 2.24) is 14.8 Å². The molecule has 0 atom stereocenters. The molecule has 0 aliphatic heterocycles. The maximum atomic E-state index is 6.35. The molecule has 0 radical (unpaired) electrons. The first kappa shape index (κ1) is 22.0. The highest BCUT2D eigenvalue weighted by molar-refractivity contribution is 7.98. The summed E-state index contributed by atoms with van der Waals surface area (Å²) in [6.07, 6.45) is 0. The van der Waals surface area contributed by atoms with Crippen LogP contribution in [-0.2, 0) is 5.75 Å². The summed E-state index contributed by atoms with van der Waals surface area (Å²) in [7, 11) is 0. The van der Waals surface area contributed by atoms with E-state index in [0.29, 0.717) is 33.3 Å². The first-order chi connectivity index (χ1) is 15.1. The summed E-state index contributed by atoms with van der Waals surface area (Å²) >= 11 is 20.4. The summed E-state index contributed by atoms with van der Waals surface area (Å²) in [4.78, 5) is 0. The maximum absolute atomic E-state index is 6.35. The number of hydrogen-bond donors (Lipinski definition) is 0. The van der Waals surface area contributed by atoms with Crippen LogP contribution in [0.15, 0.2) is 71.9 Å². The Morgan fingerprint density at radius 2 is 1.61 bits per heavy atom. The molecule has 1 heterocycles. The van der Waals surface area contributed by atoms with Gasteiger partial charge in [-0.25, -0.2) is 0 Å². The van der Waals surface area contributed by atoms with Gasteiger partial charge in [0.05, 0.1) is 6.61 Å². The van der Waals surface area contributed by atoms with E-state index in [4.69, 9.17) is 39.5 Å². The molecule has 0 saturated heterocycles. The topological polar surface area (TPSA) is 39.9 Å². The van der Waals surface area contributed by atoms with E-state index in [0.717, 1.165) is 27.7 Å². The van der Waals surface area contributed by atoms with Gasteiger partial charge in [-0.1, -0.05) is 64.8 Å². The van der Waals surface area contributed by atoms with Gasteiger partial charge in [-0.15, -0.1) is 10.2 Å². The highest BCUT2D eigenvalue weighted by Crippen LogP contribution is 2.34. The van der Waals surface area contributed by atoms with Gasteiger partial charge in [-0.2, -0.15) is 0 Å². The van der Waals surface area contributed by atoms with E-state index >= 15 is 0 Å². The number of benzene rings is 3. The first-order valence-electron chi connectivity index (χ1n) is 9.57. The van der Waals surface area contributed by atoms with Crippen LogP contribution in [0.1, 0.15) is 12.5 Å². The lowest BCUT2D eigenvalue weighted by Crippen LogP contribution is -2.00. The lowest BCUT2D eigenvalue weighted by Gasteiger charge is -2.12. The van der Waals surface area contributed by atoms with Gasteiger partial charge in [0.2, 0.25) is 0 Å². The van der Waals surface area contributed by atoms with Crippen LogP contribution in [0.2, 0.25) is 15.1 Å². The lowest BCUT2D eigenvalue weighted by atomic mass is 10.2. The summed E-state index contributed by atoms with van der Waals surface area (Å²) in [5.74, 6) is 2.06. The summed E-state index contributed by atoms with van der Waals surface area (Å²) in [6, 6.07) is 20.9. The van der Waals surface area contributed by atoms with Gasteiger partial charge < -0.3 is 4.74 Å². The minimum atomic E-state index is 0.559. The highest BCUT2D eigenvalue weighted by atomic mass is 35.5. The van der Waals surface area contributed by atoms with Crippen molar-refractivity contribution in [2.24, 2.45) is 0 Å². The van der Waals surface area contributed by atoms with Crippen molar-refractivity contribution < 1.29 is 4.74 Å². The zero-order chi connectivity index (χ0) is 21.8. The number of ether oxygens (including phenoxy) is 1. The molecule has 3 aromatic carbocycles. The molecule has 0 fully saturated rings. The normalized spacial score (nSPS) is 11.0. The predicted molar refractivity (Wildman–Crippen MR) is 129 cm³/mol. The van der Waals surface area contributed by atoms with Crippen molar-refractivity contribution in [3.05, 3.63) is 87.4 Å². The third kappa shape index (κ3) is 5.01. The second kappa shape index (κ2) is 9.96. The van der Waals surface area contributed by atoms with Crippen molar-refractivity contribution in [2.75, 3.05) is 6.61 Å². The van der Waals surface area contributed by atoms with Gasteiger partial charge >= 0.3 is 0 Å². The summed E-state index contributed by atoms with van der Waals surface area (Å²) in [5.41, 5.74) is 2.65. The molecule has 0 saturated carbocycles. The van der Waals surface area contributed by atoms with Crippen LogP contribution < -0.4 is 4.74 Å². The number of thioether (sulfide) groups is 1. The van der Waals surface area contributed by atoms with Gasteiger partial charge in [0.1, 0.15) is 5.75 Å². The van der Waals surface area contributed by atoms with Gasteiger partial charge in [-0.05, 0) is 61.0 Å². The van der Waals surface area contributed by atoms with E-state index in [1.807, 2.05) is 78.2 Å². The average Bonchev–Trinajstić information content (AvgIpc) is 3.18. The van der Waals surface area contributed by atoms with E-state index in [2.05, 4.69) is 10.2 Å². The van der Waals surface area contributed by atoms with Crippen LogP contribution in [0.3, 0.4) is 0 Å². The van der Waals surface area contributed by atoms with E-state index in [1.54, 1.807) is 0 Å². The van der Waals surface area contributed by atoms with Crippen LogP contribution in [-0.4, -0.2) is 21.4 Å². The molecule has 0 amide bonds. The molecule has 31 heavy (non-hydrogen) atoms. The van der Waals surface area contributed by atoms with E-state index in [-0.39, 0.29) is 0 Å². The fourth-order valence-electron chi connectivity index (χ4n) is 3.08. The zero-order valence-electron chi connectivity index (χ0n) is 16.6. The monoisotopic (exact) mass is 489 g/mol. The average molecular weight is 491 g/mol. The molecule has 4 aromatic rings. The van der Waals surface area contributed by atoms with E-state index in [1.165, 1.54) is 11.8 Å². The number of hydrogen-bond acceptors (Lipinski definition) is 4. The molecule has 0 aliphatic carbocycles.